The molecule has 79 heavy (non-hydrogen) atoms. The zero-order chi connectivity index (χ0) is 55.2. The topological polar surface area (TPSA) is 176 Å². The van der Waals surface area contributed by atoms with E-state index >= 15 is 0 Å². The number of likely N-dealkylation sites (tertiary alicyclic amines) is 3. The van der Waals surface area contributed by atoms with E-state index in [1.807, 2.05) is 112 Å². The molecule has 414 valence electrons. The molecule has 3 spiro atoms. The summed E-state index contributed by atoms with van der Waals surface area (Å²) in [6.07, 6.45) is 7.02. The molecule has 0 atom stereocenters. The summed E-state index contributed by atoms with van der Waals surface area (Å²) in [6, 6.07) is 42.7. The molecule has 0 aromatic heterocycles. The summed E-state index contributed by atoms with van der Waals surface area (Å²) >= 11 is 5.75. The number of ether oxygens (including phenoxy) is 4. The SMILES string of the molecule is COc1ccc(CC(=O)N2CCC3(CC2)COc2ccc(CN)cc23)cc1.NCc1ccc2c(c1)C1(CCN(C(=O)Cc3ccc(I)cc3)CC1)CO2.NCc1ccc2c(c1)C1(CCN(C(=O)Cc3cccc(Br)c3)CC1)CO2. The highest BCUT2D eigenvalue weighted by Crippen LogP contribution is 2.48. The summed E-state index contributed by atoms with van der Waals surface area (Å²) in [7, 11) is 1.64. The van der Waals surface area contributed by atoms with Gasteiger partial charge in [-0.15, -0.1) is 0 Å². The van der Waals surface area contributed by atoms with E-state index in [9.17, 15) is 14.4 Å². The predicted octanol–water partition coefficient (Wildman–Crippen LogP) is 9.30. The fourth-order valence-corrected chi connectivity index (χ4v) is 13.1. The molecule has 0 saturated carbocycles. The Balaban J connectivity index is 0.000000134. The minimum Gasteiger partial charge on any atom is -0.497 e. The van der Waals surface area contributed by atoms with Gasteiger partial charge in [-0.1, -0.05) is 88.7 Å². The van der Waals surface area contributed by atoms with Crippen LogP contribution in [0.1, 0.15) is 88.6 Å². The smallest absolute Gasteiger partial charge is 0.226 e. The Hall–Kier alpha value is -5.98. The fraction of sp³-hybridized carbons (Fsp3) is 0.391. The van der Waals surface area contributed by atoms with Crippen molar-refractivity contribution < 1.29 is 33.3 Å². The Kier molecular flexibility index (Phi) is 17.7. The van der Waals surface area contributed by atoms with Gasteiger partial charge in [0.15, 0.2) is 0 Å². The van der Waals surface area contributed by atoms with Crippen LogP contribution < -0.4 is 36.1 Å². The van der Waals surface area contributed by atoms with Gasteiger partial charge >= 0.3 is 0 Å². The Labute approximate surface area is 486 Å². The van der Waals surface area contributed by atoms with Crippen molar-refractivity contribution in [2.24, 2.45) is 17.2 Å². The Morgan fingerprint density at radius 1 is 0.481 bits per heavy atom. The van der Waals surface area contributed by atoms with Crippen molar-refractivity contribution in [3.8, 4) is 23.0 Å². The lowest BCUT2D eigenvalue weighted by Crippen LogP contribution is -2.46. The van der Waals surface area contributed by atoms with E-state index in [2.05, 4.69) is 68.9 Å². The molecule has 0 bridgehead atoms. The highest BCUT2D eigenvalue weighted by molar-refractivity contribution is 14.1. The van der Waals surface area contributed by atoms with Gasteiger partial charge in [-0.25, -0.2) is 0 Å². The van der Waals surface area contributed by atoms with Crippen LogP contribution in [0, 0.1) is 3.57 Å². The Morgan fingerprint density at radius 2 is 0.823 bits per heavy atom. The molecular weight excluding hydrogens is 1170 g/mol. The lowest BCUT2D eigenvalue weighted by Gasteiger charge is -2.38. The van der Waals surface area contributed by atoms with Gasteiger partial charge in [-0.05, 0) is 149 Å². The lowest BCUT2D eigenvalue weighted by atomic mass is 9.74. The van der Waals surface area contributed by atoms with Gasteiger partial charge in [0.2, 0.25) is 17.7 Å². The van der Waals surface area contributed by atoms with E-state index in [0.717, 1.165) is 145 Å². The number of methoxy groups -OCH3 is 1. The van der Waals surface area contributed by atoms with Gasteiger partial charge in [0.05, 0.1) is 46.2 Å². The molecule has 6 aliphatic rings. The zero-order valence-electron chi connectivity index (χ0n) is 45.2. The van der Waals surface area contributed by atoms with Crippen molar-refractivity contribution in [3.05, 3.63) is 186 Å². The monoisotopic (exact) mass is 1240 g/mol. The van der Waals surface area contributed by atoms with Gasteiger partial charge in [-0.2, -0.15) is 0 Å². The number of rotatable bonds is 10. The molecule has 0 radical (unpaired) electrons. The molecule has 3 fully saturated rings. The number of carbonyl (C=O) groups excluding carboxylic acids is 3. The van der Waals surface area contributed by atoms with E-state index in [1.165, 1.54) is 20.3 Å². The number of halogens is 2. The average Bonchev–Trinajstić information content (AvgIpc) is 4.37. The molecule has 6 N–H and O–H groups in total. The molecule has 6 aliphatic heterocycles. The average molecular weight is 1240 g/mol. The second kappa shape index (κ2) is 24.8. The second-order valence-electron chi connectivity index (χ2n) is 22.1. The fourth-order valence-electron chi connectivity index (χ4n) is 12.3. The van der Waals surface area contributed by atoms with Crippen LogP contribution in [0.15, 0.2) is 132 Å². The summed E-state index contributed by atoms with van der Waals surface area (Å²) in [4.78, 5) is 44.1. The number of hydrogen-bond acceptors (Lipinski definition) is 10. The minimum absolute atomic E-state index is 0.0252. The molecule has 6 aromatic carbocycles. The summed E-state index contributed by atoms with van der Waals surface area (Å²) in [5.41, 5.74) is 27.9. The number of carbonyl (C=O) groups is 3. The van der Waals surface area contributed by atoms with Gasteiger partial charge in [0.1, 0.15) is 23.0 Å². The van der Waals surface area contributed by atoms with Crippen LogP contribution in [0.3, 0.4) is 0 Å². The third-order valence-corrected chi connectivity index (χ3v) is 18.5. The first kappa shape index (κ1) is 56.3. The van der Waals surface area contributed by atoms with Crippen LogP contribution in [-0.2, 0) is 69.5 Å². The molecule has 3 amide bonds. The van der Waals surface area contributed by atoms with Crippen molar-refractivity contribution >= 4 is 56.2 Å². The number of hydrogen-bond donors (Lipinski definition) is 3. The highest BCUT2D eigenvalue weighted by atomic mass is 127. The quantitative estimate of drug-likeness (QED) is 0.112. The summed E-state index contributed by atoms with van der Waals surface area (Å²) < 4.78 is 25.2. The number of benzene rings is 6. The van der Waals surface area contributed by atoms with Gasteiger partial charge in [0, 0.05) is 99.9 Å². The van der Waals surface area contributed by atoms with E-state index < -0.39 is 0 Å². The van der Waals surface area contributed by atoms with Crippen molar-refractivity contribution in [1.29, 1.82) is 0 Å². The van der Waals surface area contributed by atoms with Crippen LogP contribution in [0.5, 0.6) is 23.0 Å². The first-order valence-corrected chi connectivity index (χ1v) is 29.5. The van der Waals surface area contributed by atoms with Crippen molar-refractivity contribution in [1.82, 2.24) is 14.7 Å². The molecule has 12 rings (SSSR count). The number of nitrogens with two attached hydrogens (primary N) is 3. The van der Waals surface area contributed by atoms with E-state index in [-0.39, 0.29) is 34.0 Å². The Morgan fingerprint density at radius 3 is 1.16 bits per heavy atom. The number of piperidine rings is 3. The normalized spacial score (nSPS) is 17.7. The van der Waals surface area contributed by atoms with Crippen LogP contribution >= 0.6 is 38.5 Å². The van der Waals surface area contributed by atoms with Gasteiger partial charge < -0.3 is 50.8 Å². The minimum atomic E-state index is 0.0252. The first-order valence-electron chi connectivity index (χ1n) is 27.7. The summed E-state index contributed by atoms with van der Waals surface area (Å²) in [5.74, 6) is 4.36. The van der Waals surface area contributed by atoms with Gasteiger partial charge in [0.25, 0.3) is 0 Å². The van der Waals surface area contributed by atoms with Crippen molar-refractivity contribution in [3.63, 3.8) is 0 Å². The maximum atomic E-state index is 12.7. The van der Waals surface area contributed by atoms with E-state index in [0.29, 0.717) is 52.1 Å². The molecule has 0 aliphatic carbocycles. The molecule has 6 heterocycles. The van der Waals surface area contributed by atoms with Crippen molar-refractivity contribution in [2.75, 3.05) is 66.2 Å². The third-order valence-electron chi connectivity index (χ3n) is 17.3. The first-order chi connectivity index (χ1) is 38.3. The molecule has 0 unspecified atom stereocenters. The highest BCUT2D eigenvalue weighted by Gasteiger charge is 2.46. The van der Waals surface area contributed by atoms with Crippen LogP contribution in [0.4, 0.5) is 0 Å². The van der Waals surface area contributed by atoms with E-state index in [4.69, 9.17) is 36.1 Å². The molecule has 3 saturated heterocycles. The summed E-state index contributed by atoms with van der Waals surface area (Å²) in [5, 5.41) is 0. The molecule has 6 aromatic rings. The van der Waals surface area contributed by atoms with Crippen LogP contribution in [0.25, 0.3) is 0 Å². The van der Waals surface area contributed by atoms with Gasteiger partial charge in [-0.3, -0.25) is 14.4 Å². The summed E-state index contributed by atoms with van der Waals surface area (Å²) in [6.45, 7) is 8.44. The third kappa shape index (κ3) is 12.7. The van der Waals surface area contributed by atoms with E-state index in [1.54, 1.807) is 7.11 Å². The maximum absolute atomic E-state index is 12.7. The number of fused-ring (bicyclic) bond motifs is 6. The standard InChI is InChI=1S/C22H26N2O3.C21H23BrN2O2.C21H23IN2O2/c1-26-18-5-2-16(3-6-18)13-21(25)24-10-8-22(9-11-24)15-27-20-7-4-17(14-23)12-19(20)22;22-17-3-1-2-15(10-17)12-20(25)24-8-6-21(7-9-24)14-26-19-5-4-16(13-23)11-18(19)21;22-17-4-1-15(2-5-17)12-20(25)24-9-7-21(8-10-24)14-26-19-6-3-16(13-23)11-18(19)21/h2-7,12H,8-11,13-15,23H2,1H3;1-5,10-11H,6-9,12-14,23H2;1-6,11H,7-10,12-14,23H2. The zero-order valence-corrected chi connectivity index (χ0v) is 48.9. The number of amides is 3. The van der Waals surface area contributed by atoms with Crippen LogP contribution in [0.2, 0.25) is 0 Å². The van der Waals surface area contributed by atoms with Crippen LogP contribution in [-0.4, -0.2) is 98.6 Å². The molecule has 13 nitrogen and oxygen atoms in total. The molecular formula is C64H72BrIN6O7. The second-order valence-corrected chi connectivity index (χ2v) is 24.2. The van der Waals surface area contributed by atoms with Crippen molar-refractivity contribution in [2.45, 2.75) is 93.7 Å². The lowest BCUT2D eigenvalue weighted by molar-refractivity contribution is -0.133. The molecule has 15 heteroatoms. The largest absolute Gasteiger partial charge is 0.497 e. The maximum Gasteiger partial charge on any atom is 0.226 e. The Bertz CT molecular complexity index is 3130. The number of nitrogens with zero attached hydrogens (tertiary/aromatic N) is 3. The predicted molar refractivity (Wildman–Crippen MR) is 319 cm³/mol.